The average Bonchev–Trinajstić information content (AvgIpc) is 2.47. The lowest BCUT2D eigenvalue weighted by Gasteiger charge is -2.08. The van der Waals surface area contributed by atoms with Crippen molar-refractivity contribution in [3.05, 3.63) is 62.6 Å². The van der Waals surface area contributed by atoms with Crippen LogP contribution in [0.25, 0.3) is 0 Å². The van der Waals surface area contributed by atoms with Crippen LogP contribution in [0, 0.1) is 10.1 Å². The normalized spacial score (nSPS) is 11.4. The molecule has 3 N–H and O–H groups in total. The van der Waals surface area contributed by atoms with E-state index in [9.17, 15) is 10.1 Å². The van der Waals surface area contributed by atoms with E-state index < -0.39 is 4.92 Å². The van der Waals surface area contributed by atoms with Crippen LogP contribution in [0.15, 0.2) is 61.9 Å². The van der Waals surface area contributed by atoms with Crippen molar-refractivity contribution < 1.29 is 10.1 Å². The minimum atomic E-state index is -0.449. The topological polar surface area (TPSA) is 102 Å². The van der Waals surface area contributed by atoms with E-state index >= 15 is 0 Å². The second kappa shape index (κ2) is 6.59. The molecule has 8 heteroatoms. The Hall–Kier alpha value is -2.06. The van der Waals surface area contributed by atoms with Gasteiger partial charge in [0.25, 0.3) is 5.69 Å². The molecule has 0 radical (unpaired) electrons. The zero-order valence-electron chi connectivity index (χ0n) is 10.6. The number of nitrogens with zero attached hydrogens (tertiary/aromatic N) is 2. The summed E-state index contributed by atoms with van der Waals surface area (Å²) in [5.41, 5.74) is 6.26. The van der Waals surface area contributed by atoms with Crippen LogP contribution >= 0.6 is 27.7 Å². The van der Waals surface area contributed by atoms with Gasteiger partial charge >= 0.3 is 0 Å². The number of rotatable bonds is 4. The molecule has 2 aromatic carbocycles. The number of oxime groups is 1. The number of hydrogen-bond donors (Lipinski definition) is 2. The third-order valence-corrected chi connectivity index (χ3v) is 4.16. The van der Waals surface area contributed by atoms with Gasteiger partial charge < -0.3 is 10.9 Å². The Bertz CT molecular complexity index is 704. The quantitative estimate of drug-likeness (QED) is 0.282. The molecule has 0 unspecified atom stereocenters. The Labute approximate surface area is 132 Å². The number of halogens is 1. The van der Waals surface area contributed by atoms with Crippen molar-refractivity contribution in [1.82, 2.24) is 0 Å². The van der Waals surface area contributed by atoms with Gasteiger partial charge in [0.1, 0.15) is 0 Å². The number of nitro benzene ring substituents is 1. The van der Waals surface area contributed by atoms with Crippen LogP contribution in [-0.2, 0) is 0 Å². The summed E-state index contributed by atoms with van der Waals surface area (Å²) in [7, 11) is 0. The Kier molecular flexibility index (Phi) is 4.81. The number of hydrogen-bond acceptors (Lipinski definition) is 5. The molecule has 0 fully saturated rings. The molecule has 0 aliphatic carbocycles. The van der Waals surface area contributed by atoms with Gasteiger partial charge in [-0.05, 0) is 30.3 Å². The van der Waals surface area contributed by atoms with Crippen molar-refractivity contribution in [1.29, 1.82) is 0 Å². The van der Waals surface area contributed by atoms with E-state index in [2.05, 4.69) is 21.1 Å². The number of amidine groups is 1. The van der Waals surface area contributed by atoms with Crippen molar-refractivity contribution >= 4 is 39.2 Å². The summed E-state index contributed by atoms with van der Waals surface area (Å²) in [5.74, 6) is 0.00640. The van der Waals surface area contributed by atoms with Crippen molar-refractivity contribution in [2.45, 2.75) is 9.79 Å². The van der Waals surface area contributed by atoms with Gasteiger partial charge in [-0.25, -0.2) is 0 Å². The van der Waals surface area contributed by atoms with Crippen LogP contribution in [0.5, 0.6) is 0 Å². The molecule has 0 atom stereocenters. The third kappa shape index (κ3) is 3.73. The van der Waals surface area contributed by atoms with Crippen LogP contribution < -0.4 is 5.73 Å². The summed E-state index contributed by atoms with van der Waals surface area (Å²) in [6.07, 6.45) is 0. The van der Waals surface area contributed by atoms with Gasteiger partial charge in [-0.15, -0.1) is 0 Å². The van der Waals surface area contributed by atoms with Gasteiger partial charge in [-0.2, -0.15) is 0 Å². The molecule has 108 valence electrons. The second-order valence-corrected chi connectivity index (χ2v) is 6.01. The van der Waals surface area contributed by atoms with Gasteiger partial charge in [0.15, 0.2) is 5.84 Å². The molecule has 0 aliphatic rings. The fourth-order valence-electron chi connectivity index (χ4n) is 1.61. The summed E-state index contributed by atoms with van der Waals surface area (Å²) in [6, 6.07) is 11.5. The predicted octanol–water partition coefficient (Wildman–Crippen LogP) is 3.60. The summed E-state index contributed by atoms with van der Waals surface area (Å²) < 4.78 is 0.849. The minimum absolute atomic E-state index is 0.00640. The molecule has 0 saturated carbocycles. The molecule has 2 aromatic rings. The molecule has 0 aliphatic heterocycles. The van der Waals surface area contributed by atoms with Gasteiger partial charge in [0.2, 0.25) is 0 Å². The molecule has 0 spiro atoms. The highest BCUT2D eigenvalue weighted by Gasteiger charge is 2.11. The minimum Gasteiger partial charge on any atom is -0.409 e. The fraction of sp³-hybridized carbons (Fsp3) is 0. The molecule has 0 amide bonds. The summed E-state index contributed by atoms with van der Waals surface area (Å²) in [6.45, 7) is 0. The van der Waals surface area contributed by atoms with Crippen LogP contribution in [0.3, 0.4) is 0 Å². The maximum absolute atomic E-state index is 10.6. The Morgan fingerprint density at radius 1 is 1.29 bits per heavy atom. The lowest BCUT2D eigenvalue weighted by molar-refractivity contribution is -0.384. The highest BCUT2D eigenvalue weighted by molar-refractivity contribution is 9.10. The van der Waals surface area contributed by atoms with Crippen molar-refractivity contribution in [3.8, 4) is 0 Å². The van der Waals surface area contributed by atoms with Crippen LogP contribution in [-0.4, -0.2) is 16.0 Å². The Balaban J connectivity index is 2.34. The van der Waals surface area contributed by atoms with E-state index in [0.29, 0.717) is 5.56 Å². The number of benzene rings is 2. The lowest BCUT2D eigenvalue weighted by atomic mass is 10.2. The van der Waals surface area contributed by atoms with E-state index in [0.717, 1.165) is 14.3 Å². The highest BCUT2D eigenvalue weighted by atomic mass is 79.9. The van der Waals surface area contributed by atoms with E-state index in [4.69, 9.17) is 10.9 Å². The van der Waals surface area contributed by atoms with Gasteiger partial charge in [0, 0.05) is 32.0 Å². The highest BCUT2D eigenvalue weighted by Crippen LogP contribution is 2.33. The monoisotopic (exact) mass is 367 g/mol. The van der Waals surface area contributed by atoms with E-state index in [1.54, 1.807) is 24.3 Å². The molecule has 0 bridgehead atoms. The molecule has 0 saturated heterocycles. The smallest absolute Gasteiger partial charge is 0.269 e. The Morgan fingerprint density at radius 2 is 1.95 bits per heavy atom. The third-order valence-electron chi connectivity index (χ3n) is 2.60. The van der Waals surface area contributed by atoms with Crippen molar-refractivity contribution in [2.24, 2.45) is 10.9 Å². The fourth-order valence-corrected chi connectivity index (χ4v) is 3.12. The van der Waals surface area contributed by atoms with E-state index in [1.165, 1.54) is 23.9 Å². The molecular formula is C13H10BrN3O3S. The SMILES string of the molecule is N/C(=N/O)c1ccc(Br)cc1Sc1ccc([N+](=O)[O-])cc1. The molecule has 0 aromatic heterocycles. The lowest BCUT2D eigenvalue weighted by Crippen LogP contribution is -2.14. The van der Waals surface area contributed by atoms with Crippen LogP contribution in [0.1, 0.15) is 5.56 Å². The number of nitro groups is 1. The summed E-state index contributed by atoms with van der Waals surface area (Å²) >= 11 is 4.73. The van der Waals surface area contributed by atoms with Crippen LogP contribution in [0.4, 0.5) is 5.69 Å². The van der Waals surface area contributed by atoms with E-state index in [-0.39, 0.29) is 11.5 Å². The molecule has 2 rings (SSSR count). The average molecular weight is 368 g/mol. The van der Waals surface area contributed by atoms with Gasteiger partial charge in [0.05, 0.1) is 4.92 Å². The molecular weight excluding hydrogens is 358 g/mol. The van der Waals surface area contributed by atoms with Gasteiger partial charge in [-0.1, -0.05) is 32.8 Å². The van der Waals surface area contributed by atoms with Gasteiger partial charge in [-0.3, -0.25) is 10.1 Å². The Morgan fingerprint density at radius 3 is 2.52 bits per heavy atom. The zero-order valence-corrected chi connectivity index (χ0v) is 13.0. The maximum Gasteiger partial charge on any atom is 0.269 e. The summed E-state index contributed by atoms with van der Waals surface area (Å²) in [5, 5.41) is 22.4. The number of nitrogens with two attached hydrogens (primary N) is 1. The first-order chi connectivity index (χ1) is 10.0. The number of non-ortho nitro benzene ring substituents is 1. The standard InChI is InChI=1S/C13H10BrN3O3S/c14-8-1-6-11(13(15)16-18)12(7-8)21-10-4-2-9(3-5-10)17(19)20/h1-7,18H,(H2,15,16). The first-order valence-corrected chi connectivity index (χ1v) is 7.32. The second-order valence-electron chi connectivity index (χ2n) is 3.98. The first kappa shape index (κ1) is 15.3. The van der Waals surface area contributed by atoms with Crippen molar-refractivity contribution in [3.63, 3.8) is 0 Å². The molecule has 6 nitrogen and oxygen atoms in total. The molecule has 0 heterocycles. The van der Waals surface area contributed by atoms with E-state index in [1.807, 2.05) is 6.07 Å². The summed E-state index contributed by atoms with van der Waals surface area (Å²) in [4.78, 5) is 11.8. The molecule has 21 heavy (non-hydrogen) atoms. The first-order valence-electron chi connectivity index (χ1n) is 5.71. The zero-order chi connectivity index (χ0) is 15.4. The predicted molar refractivity (Wildman–Crippen MR) is 83.9 cm³/mol. The van der Waals surface area contributed by atoms with Crippen LogP contribution in [0.2, 0.25) is 0 Å². The maximum atomic E-state index is 10.6. The van der Waals surface area contributed by atoms with Crippen molar-refractivity contribution in [2.75, 3.05) is 0 Å². The largest absolute Gasteiger partial charge is 0.409 e.